The molecular formula is C25H36N6O4S. The highest BCUT2D eigenvalue weighted by molar-refractivity contribution is 7.89. The molecule has 1 fully saturated rings. The van der Waals surface area contributed by atoms with Crippen LogP contribution in [-0.2, 0) is 23.5 Å². The second-order valence-electron chi connectivity index (χ2n) is 8.88. The number of H-pyrrole nitrogens is 1. The molecule has 3 heterocycles. The van der Waals surface area contributed by atoms with E-state index in [-0.39, 0.29) is 39.9 Å². The van der Waals surface area contributed by atoms with Crippen molar-refractivity contribution in [2.75, 3.05) is 26.7 Å². The van der Waals surface area contributed by atoms with Gasteiger partial charge in [0.1, 0.15) is 17.1 Å². The van der Waals surface area contributed by atoms with Crippen LogP contribution in [0.1, 0.15) is 61.1 Å². The number of hydrogen-bond donors (Lipinski definition) is 2. The summed E-state index contributed by atoms with van der Waals surface area (Å²) >= 11 is 0. The SMILES string of the molecule is [2H]C([2H])([2H])C([2H])([2H])C([2H])([2H])Oc1ccc(S(=O)(=O)NCCC2CCCN2C)cc1-c1nc2c(CCC)nn(C)c2c(=O)[nH]1. The van der Waals surface area contributed by atoms with Crippen LogP contribution in [0.25, 0.3) is 22.4 Å². The minimum absolute atomic E-state index is 0.170. The van der Waals surface area contributed by atoms with Gasteiger partial charge in [0.2, 0.25) is 10.0 Å². The number of benzene rings is 1. The van der Waals surface area contributed by atoms with Crippen LogP contribution in [-0.4, -0.2) is 65.8 Å². The third-order valence-electron chi connectivity index (χ3n) is 6.42. The van der Waals surface area contributed by atoms with Gasteiger partial charge in [0.05, 0.1) is 25.5 Å². The van der Waals surface area contributed by atoms with E-state index in [4.69, 9.17) is 14.3 Å². The van der Waals surface area contributed by atoms with E-state index in [0.29, 0.717) is 25.0 Å². The maximum Gasteiger partial charge on any atom is 0.277 e. The molecule has 10 nitrogen and oxygen atoms in total. The summed E-state index contributed by atoms with van der Waals surface area (Å²) in [4.78, 5) is 22.2. The highest BCUT2D eigenvalue weighted by Gasteiger charge is 2.23. The molecule has 2 aromatic heterocycles. The number of nitrogens with zero attached hydrogens (tertiary/aromatic N) is 4. The Bertz CT molecular complexity index is 1660. The van der Waals surface area contributed by atoms with Crippen LogP contribution in [0.2, 0.25) is 0 Å². The number of hydrogen-bond acceptors (Lipinski definition) is 7. The fraction of sp³-hybridized carbons (Fsp3) is 0.560. The van der Waals surface area contributed by atoms with E-state index in [1.54, 1.807) is 7.05 Å². The van der Waals surface area contributed by atoms with E-state index in [1.165, 1.54) is 4.68 Å². The molecule has 3 aromatic rings. The number of likely N-dealkylation sites (tertiary alicyclic amines) is 1. The van der Waals surface area contributed by atoms with Crippen molar-refractivity contribution in [2.45, 2.75) is 63.2 Å². The van der Waals surface area contributed by atoms with Crippen molar-refractivity contribution in [1.82, 2.24) is 29.4 Å². The first kappa shape index (κ1) is 18.5. The van der Waals surface area contributed by atoms with Gasteiger partial charge in [-0.05, 0) is 63.8 Å². The minimum atomic E-state index is -4.10. The molecular weight excluding hydrogens is 480 g/mol. The fourth-order valence-electron chi connectivity index (χ4n) is 4.60. The third-order valence-corrected chi connectivity index (χ3v) is 7.88. The van der Waals surface area contributed by atoms with Gasteiger partial charge in [0.25, 0.3) is 5.56 Å². The van der Waals surface area contributed by atoms with E-state index in [0.717, 1.165) is 37.6 Å². The lowest BCUT2D eigenvalue weighted by Crippen LogP contribution is -2.31. The average molecular weight is 524 g/mol. The van der Waals surface area contributed by atoms with Crippen LogP contribution < -0.4 is 15.0 Å². The molecule has 1 unspecified atom stereocenters. The number of nitrogens with one attached hydrogen (secondary N) is 2. The molecule has 4 rings (SSSR count). The fourth-order valence-corrected chi connectivity index (χ4v) is 5.67. The van der Waals surface area contributed by atoms with E-state index in [1.807, 2.05) is 14.0 Å². The van der Waals surface area contributed by atoms with Crippen LogP contribution in [0.5, 0.6) is 5.75 Å². The summed E-state index contributed by atoms with van der Waals surface area (Å²) in [5.74, 6) is -0.610. The first-order chi connectivity index (χ1) is 19.9. The Hall–Kier alpha value is -2.76. The number of aryl methyl sites for hydroxylation is 2. The Morgan fingerprint density at radius 2 is 2.19 bits per heavy atom. The molecule has 11 heteroatoms. The minimum Gasteiger partial charge on any atom is -0.493 e. The van der Waals surface area contributed by atoms with Crippen molar-refractivity contribution >= 4 is 21.1 Å². The molecule has 0 amide bonds. The predicted molar refractivity (Wildman–Crippen MR) is 140 cm³/mol. The molecule has 1 aromatic carbocycles. The van der Waals surface area contributed by atoms with E-state index in [2.05, 4.69) is 24.7 Å². The van der Waals surface area contributed by atoms with Crippen molar-refractivity contribution in [3.8, 4) is 17.1 Å². The Labute approximate surface area is 222 Å². The Morgan fingerprint density at radius 1 is 1.36 bits per heavy atom. The molecule has 196 valence electrons. The molecule has 1 aliphatic heterocycles. The zero-order chi connectivity index (χ0) is 32.0. The van der Waals surface area contributed by atoms with Crippen LogP contribution in [0.4, 0.5) is 0 Å². The summed E-state index contributed by atoms with van der Waals surface area (Å²) in [6.07, 6.45) is 0.339. The molecule has 0 radical (unpaired) electrons. The molecule has 0 aliphatic carbocycles. The standard InChI is InChI=1S/C25H36N6O4S/c1-5-8-20-22-23(31(4)29-20)25(32)28-24(27-22)19-16-18(10-11-21(19)35-15-6-2)36(33,34)26-13-12-17-9-7-14-30(17)3/h10-11,16-17,26H,5-9,12-15H2,1-4H3,(H,27,28,32)/i2D3,6D2,15D2. The number of ether oxygens (including phenoxy) is 1. The molecule has 1 atom stereocenters. The Morgan fingerprint density at radius 3 is 2.92 bits per heavy atom. The van der Waals surface area contributed by atoms with Crippen molar-refractivity contribution in [1.29, 1.82) is 0 Å². The van der Waals surface area contributed by atoms with Gasteiger partial charge in [0.15, 0.2) is 5.52 Å². The summed E-state index contributed by atoms with van der Waals surface area (Å²) in [6, 6.07) is 3.60. The zero-order valence-electron chi connectivity index (χ0n) is 27.6. The monoisotopic (exact) mass is 523 g/mol. The van der Waals surface area contributed by atoms with Gasteiger partial charge >= 0.3 is 0 Å². The maximum absolute atomic E-state index is 13.3. The highest BCUT2D eigenvalue weighted by atomic mass is 32.2. The third kappa shape index (κ3) is 5.47. The van der Waals surface area contributed by atoms with Gasteiger partial charge in [-0.1, -0.05) is 20.2 Å². The molecule has 1 aliphatic rings. The van der Waals surface area contributed by atoms with Crippen LogP contribution in [0.15, 0.2) is 27.9 Å². The van der Waals surface area contributed by atoms with E-state index < -0.39 is 41.1 Å². The van der Waals surface area contributed by atoms with Crippen molar-refractivity contribution in [3.05, 3.63) is 34.2 Å². The summed E-state index contributed by atoms with van der Waals surface area (Å²) in [5.41, 5.74) is 0.157. The second-order valence-corrected chi connectivity index (χ2v) is 10.6. The molecule has 2 N–H and O–H groups in total. The quantitative estimate of drug-likeness (QED) is 0.396. The number of aromatic nitrogens is 4. The van der Waals surface area contributed by atoms with Gasteiger partial charge < -0.3 is 14.6 Å². The number of rotatable bonds is 11. The first-order valence-electron chi connectivity index (χ1n) is 15.4. The number of aromatic amines is 1. The van der Waals surface area contributed by atoms with Crippen LogP contribution in [0.3, 0.4) is 0 Å². The van der Waals surface area contributed by atoms with Crippen molar-refractivity contribution in [2.24, 2.45) is 7.05 Å². The molecule has 0 bridgehead atoms. The second kappa shape index (κ2) is 11.1. The zero-order valence-corrected chi connectivity index (χ0v) is 21.4. The van der Waals surface area contributed by atoms with Gasteiger partial charge in [0, 0.05) is 26.5 Å². The summed E-state index contributed by atoms with van der Waals surface area (Å²) in [5, 5.41) is 4.37. The number of fused-ring (bicyclic) bond motifs is 1. The lowest BCUT2D eigenvalue weighted by atomic mass is 10.1. The van der Waals surface area contributed by atoms with Gasteiger partial charge in [-0.25, -0.2) is 18.1 Å². The first-order valence-corrected chi connectivity index (χ1v) is 13.4. The summed E-state index contributed by atoms with van der Waals surface area (Å²) in [6.45, 7) is -3.75. The van der Waals surface area contributed by atoms with Gasteiger partial charge in [-0.2, -0.15) is 5.10 Å². The molecule has 36 heavy (non-hydrogen) atoms. The van der Waals surface area contributed by atoms with Gasteiger partial charge in [-0.3, -0.25) is 9.48 Å². The highest BCUT2D eigenvalue weighted by Crippen LogP contribution is 2.31. The van der Waals surface area contributed by atoms with Crippen molar-refractivity contribution in [3.63, 3.8) is 0 Å². The van der Waals surface area contributed by atoms with Gasteiger partial charge in [-0.15, -0.1) is 0 Å². The summed E-state index contributed by atoms with van der Waals surface area (Å²) < 4.78 is 90.6. The lowest BCUT2D eigenvalue weighted by Gasteiger charge is -2.19. The Balaban J connectivity index is 1.81. The van der Waals surface area contributed by atoms with Crippen LogP contribution in [0, 0.1) is 0 Å². The molecule has 0 saturated carbocycles. The lowest BCUT2D eigenvalue weighted by molar-refractivity contribution is 0.297. The largest absolute Gasteiger partial charge is 0.493 e. The van der Waals surface area contributed by atoms with Crippen molar-refractivity contribution < 1.29 is 22.7 Å². The smallest absolute Gasteiger partial charge is 0.277 e. The van der Waals surface area contributed by atoms with E-state index in [9.17, 15) is 13.2 Å². The summed E-state index contributed by atoms with van der Waals surface area (Å²) in [7, 11) is -0.523. The predicted octanol–water partition coefficient (Wildman–Crippen LogP) is 2.83. The number of sulfonamides is 1. The normalized spacial score (nSPS) is 20.8. The molecule has 0 spiro atoms. The Kier molecular flexibility index (Phi) is 5.70. The topological polar surface area (TPSA) is 122 Å². The van der Waals surface area contributed by atoms with E-state index >= 15 is 0 Å². The average Bonchev–Trinajstić information content (AvgIpc) is 3.45. The molecule has 1 saturated heterocycles. The maximum atomic E-state index is 13.3. The van der Waals surface area contributed by atoms with Crippen LogP contribution >= 0.6 is 0 Å².